The van der Waals surface area contributed by atoms with Crippen LogP contribution in [0, 0.1) is 0 Å². The second kappa shape index (κ2) is 3.15. The highest BCUT2D eigenvalue weighted by Gasteiger charge is 2.07. The monoisotopic (exact) mass is 282 g/mol. The zero-order valence-electron chi connectivity index (χ0n) is 5.15. The van der Waals surface area contributed by atoms with Crippen LogP contribution < -0.4 is 0 Å². The van der Waals surface area contributed by atoms with E-state index in [0.717, 1.165) is 13.1 Å². The SMILES string of the molecule is CC(=O)c1cc(Br)sc1Br. The van der Waals surface area contributed by atoms with Gasteiger partial charge in [-0.15, -0.1) is 11.3 Å². The van der Waals surface area contributed by atoms with Gasteiger partial charge in [0.2, 0.25) is 0 Å². The van der Waals surface area contributed by atoms with Crippen molar-refractivity contribution in [2.24, 2.45) is 0 Å². The molecule has 1 heterocycles. The Morgan fingerprint density at radius 1 is 1.60 bits per heavy atom. The second-order valence-electron chi connectivity index (χ2n) is 1.79. The van der Waals surface area contributed by atoms with Crippen LogP contribution in [-0.2, 0) is 0 Å². The van der Waals surface area contributed by atoms with Crippen LogP contribution in [-0.4, -0.2) is 5.78 Å². The Kier molecular flexibility index (Phi) is 2.66. The summed E-state index contributed by atoms with van der Waals surface area (Å²) in [7, 11) is 0. The minimum absolute atomic E-state index is 0.0915. The molecule has 10 heavy (non-hydrogen) atoms. The molecule has 0 saturated heterocycles. The minimum Gasteiger partial charge on any atom is -0.294 e. The predicted octanol–water partition coefficient (Wildman–Crippen LogP) is 3.48. The molecule has 0 radical (unpaired) electrons. The fraction of sp³-hybridized carbons (Fsp3) is 0.167. The molecule has 0 atom stereocenters. The molecule has 0 unspecified atom stereocenters. The van der Waals surface area contributed by atoms with Crippen LogP contribution in [0.25, 0.3) is 0 Å². The zero-order valence-corrected chi connectivity index (χ0v) is 9.14. The van der Waals surface area contributed by atoms with Gasteiger partial charge in [0.25, 0.3) is 0 Å². The fourth-order valence-corrected chi connectivity index (χ4v) is 3.52. The number of carbonyl (C=O) groups excluding carboxylic acids is 1. The van der Waals surface area contributed by atoms with Gasteiger partial charge in [-0.05, 0) is 44.8 Å². The van der Waals surface area contributed by atoms with E-state index in [1.54, 1.807) is 6.92 Å². The van der Waals surface area contributed by atoms with Gasteiger partial charge < -0.3 is 0 Å². The summed E-state index contributed by atoms with van der Waals surface area (Å²) in [5.41, 5.74) is 0.747. The molecule has 0 aliphatic heterocycles. The number of hydrogen-bond donors (Lipinski definition) is 0. The van der Waals surface area contributed by atoms with Crippen molar-refractivity contribution in [3.8, 4) is 0 Å². The Hall–Kier alpha value is 0.330. The molecule has 1 rings (SSSR count). The van der Waals surface area contributed by atoms with Gasteiger partial charge in [0.05, 0.1) is 7.57 Å². The first-order valence-electron chi connectivity index (χ1n) is 2.57. The normalized spacial score (nSPS) is 9.90. The molecule has 0 aliphatic carbocycles. The van der Waals surface area contributed by atoms with E-state index in [2.05, 4.69) is 31.9 Å². The molecule has 0 saturated carbocycles. The maximum Gasteiger partial charge on any atom is 0.161 e. The first kappa shape index (κ1) is 8.43. The van der Waals surface area contributed by atoms with Gasteiger partial charge in [0.1, 0.15) is 0 Å². The quantitative estimate of drug-likeness (QED) is 0.721. The molecule has 0 spiro atoms. The predicted molar refractivity (Wildman–Crippen MR) is 49.7 cm³/mol. The average Bonchev–Trinajstić information content (AvgIpc) is 2.10. The third kappa shape index (κ3) is 1.68. The summed E-state index contributed by atoms with van der Waals surface area (Å²) >= 11 is 8.08. The van der Waals surface area contributed by atoms with Gasteiger partial charge >= 0.3 is 0 Å². The van der Waals surface area contributed by atoms with Gasteiger partial charge in [0.15, 0.2) is 5.78 Å². The maximum atomic E-state index is 10.8. The lowest BCUT2D eigenvalue weighted by atomic mass is 10.2. The Morgan fingerprint density at radius 3 is 2.40 bits per heavy atom. The summed E-state index contributed by atoms with van der Waals surface area (Å²) in [5.74, 6) is 0.0915. The number of hydrogen-bond acceptors (Lipinski definition) is 2. The molecule has 0 bridgehead atoms. The van der Waals surface area contributed by atoms with Crippen LogP contribution in [0.4, 0.5) is 0 Å². The number of thiophene rings is 1. The van der Waals surface area contributed by atoms with Crippen molar-refractivity contribution in [1.29, 1.82) is 0 Å². The Bertz CT molecular complexity index is 267. The third-order valence-electron chi connectivity index (χ3n) is 1.04. The summed E-state index contributed by atoms with van der Waals surface area (Å²) in [4.78, 5) is 10.8. The molecule has 4 heteroatoms. The molecule has 1 aromatic rings. The van der Waals surface area contributed by atoms with E-state index in [1.807, 2.05) is 6.07 Å². The van der Waals surface area contributed by atoms with E-state index in [0.29, 0.717) is 0 Å². The van der Waals surface area contributed by atoms with Crippen LogP contribution >= 0.6 is 43.2 Å². The Morgan fingerprint density at radius 2 is 2.20 bits per heavy atom. The van der Waals surface area contributed by atoms with Crippen molar-refractivity contribution in [3.63, 3.8) is 0 Å². The van der Waals surface area contributed by atoms with E-state index in [4.69, 9.17) is 0 Å². The molecule has 54 valence electrons. The molecule has 0 aromatic carbocycles. The number of carbonyl (C=O) groups is 1. The van der Waals surface area contributed by atoms with Gasteiger partial charge in [-0.3, -0.25) is 4.79 Å². The fourth-order valence-electron chi connectivity index (χ4n) is 0.580. The standard InChI is InChI=1S/C6H4Br2OS/c1-3(9)4-2-5(7)10-6(4)8/h2H,1H3. The average molecular weight is 284 g/mol. The molecule has 0 aliphatic rings. The van der Waals surface area contributed by atoms with Crippen molar-refractivity contribution in [1.82, 2.24) is 0 Å². The number of ketones is 1. The highest BCUT2D eigenvalue weighted by Crippen LogP contribution is 2.31. The topological polar surface area (TPSA) is 17.1 Å². The summed E-state index contributed by atoms with van der Waals surface area (Å²) in [6, 6.07) is 1.82. The van der Waals surface area contributed by atoms with Crippen molar-refractivity contribution in [3.05, 3.63) is 19.2 Å². The van der Waals surface area contributed by atoms with Crippen molar-refractivity contribution in [2.45, 2.75) is 6.92 Å². The smallest absolute Gasteiger partial charge is 0.161 e. The first-order chi connectivity index (χ1) is 4.61. The molecule has 0 fully saturated rings. The third-order valence-corrected chi connectivity index (χ3v) is 3.38. The van der Waals surface area contributed by atoms with E-state index in [1.165, 1.54) is 11.3 Å². The first-order valence-corrected chi connectivity index (χ1v) is 4.97. The van der Waals surface area contributed by atoms with E-state index >= 15 is 0 Å². The van der Waals surface area contributed by atoms with Gasteiger partial charge in [0, 0.05) is 5.56 Å². The van der Waals surface area contributed by atoms with Gasteiger partial charge in [-0.2, -0.15) is 0 Å². The zero-order chi connectivity index (χ0) is 7.72. The van der Waals surface area contributed by atoms with Crippen molar-refractivity contribution >= 4 is 49.0 Å². The lowest BCUT2D eigenvalue weighted by Gasteiger charge is -1.85. The number of Topliss-reactive ketones (excluding diaryl/α,β-unsaturated/α-hetero) is 1. The molecular formula is C6H4Br2OS. The van der Waals surface area contributed by atoms with Crippen LogP contribution in [0.2, 0.25) is 0 Å². The largest absolute Gasteiger partial charge is 0.294 e. The number of rotatable bonds is 1. The highest BCUT2D eigenvalue weighted by atomic mass is 79.9. The lowest BCUT2D eigenvalue weighted by molar-refractivity contribution is 0.101. The summed E-state index contributed by atoms with van der Waals surface area (Å²) < 4.78 is 1.87. The Balaban J connectivity index is 3.15. The van der Waals surface area contributed by atoms with Crippen LogP contribution in [0.15, 0.2) is 13.6 Å². The summed E-state index contributed by atoms with van der Waals surface area (Å²) in [5, 5.41) is 0. The summed E-state index contributed by atoms with van der Waals surface area (Å²) in [6.45, 7) is 1.55. The van der Waals surface area contributed by atoms with Crippen LogP contribution in [0.3, 0.4) is 0 Å². The van der Waals surface area contributed by atoms with Crippen LogP contribution in [0.1, 0.15) is 17.3 Å². The maximum absolute atomic E-state index is 10.8. The highest BCUT2D eigenvalue weighted by molar-refractivity contribution is 9.12. The van der Waals surface area contributed by atoms with Crippen molar-refractivity contribution < 1.29 is 4.79 Å². The molecule has 0 N–H and O–H groups in total. The lowest BCUT2D eigenvalue weighted by Crippen LogP contribution is -1.87. The molecule has 0 amide bonds. The van der Waals surface area contributed by atoms with E-state index < -0.39 is 0 Å². The van der Waals surface area contributed by atoms with Crippen molar-refractivity contribution in [2.75, 3.05) is 0 Å². The van der Waals surface area contributed by atoms with Gasteiger partial charge in [-0.25, -0.2) is 0 Å². The Labute approximate surface area is 79.7 Å². The summed E-state index contributed by atoms with van der Waals surface area (Å²) in [6.07, 6.45) is 0. The molecule has 1 aromatic heterocycles. The number of halogens is 2. The van der Waals surface area contributed by atoms with Gasteiger partial charge in [-0.1, -0.05) is 0 Å². The van der Waals surface area contributed by atoms with E-state index in [-0.39, 0.29) is 5.78 Å². The van der Waals surface area contributed by atoms with E-state index in [9.17, 15) is 4.79 Å². The second-order valence-corrected chi connectivity index (χ2v) is 5.54. The minimum atomic E-state index is 0.0915. The molecular weight excluding hydrogens is 280 g/mol. The van der Waals surface area contributed by atoms with Crippen LogP contribution in [0.5, 0.6) is 0 Å². The molecule has 1 nitrogen and oxygen atoms in total.